The molecule has 0 saturated carbocycles. The minimum atomic E-state index is 0.0643. The summed E-state index contributed by atoms with van der Waals surface area (Å²) in [6.45, 7) is 1.44. The van der Waals surface area contributed by atoms with E-state index in [0.717, 1.165) is 13.0 Å². The number of anilines is 2. The second kappa shape index (κ2) is 5.86. The molecule has 21 heavy (non-hydrogen) atoms. The molecule has 3 rings (SSSR count). The molecule has 0 fully saturated rings. The molecule has 0 atom stereocenters. The van der Waals surface area contributed by atoms with Crippen LogP contribution in [0, 0.1) is 0 Å². The van der Waals surface area contributed by atoms with Gasteiger partial charge in [0.2, 0.25) is 17.8 Å². The third-order valence-corrected chi connectivity index (χ3v) is 4.99. The van der Waals surface area contributed by atoms with Crippen molar-refractivity contribution in [2.45, 2.75) is 18.1 Å². The third-order valence-electron chi connectivity index (χ3n) is 3.13. The number of nitrogen functional groups attached to an aromatic ring is 2. The van der Waals surface area contributed by atoms with Crippen molar-refractivity contribution < 1.29 is 4.79 Å². The number of thioether (sulfide) groups is 1. The average Bonchev–Trinajstić information content (AvgIpc) is 2.91. The van der Waals surface area contributed by atoms with Gasteiger partial charge in [-0.25, -0.2) is 0 Å². The van der Waals surface area contributed by atoms with Crippen LogP contribution in [0.3, 0.4) is 0 Å². The SMILES string of the molecule is Nc1nc(N)nc(SCC(=O)N2CCc3sccc3C2)n1. The Morgan fingerprint density at radius 3 is 2.86 bits per heavy atom. The number of nitrogens with two attached hydrogens (primary N) is 2. The molecule has 0 bridgehead atoms. The lowest BCUT2D eigenvalue weighted by atomic mass is 10.1. The Morgan fingerprint density at radius 1 is 1.33 bits per heavy atom. The number of thiophene rings is 1. The van der Waals surface area contributed by atoms with Gasteiger partial charge in [-0.15, -0.1) is 11.3 Å². The first-order valence-electron chi connectivity index (χ1n) is 6.34. The van der Waals surface area contributed by atoms with Crippen molar-refractivity contribution >= 4 is 40.9 Å². The predicted molar refractivity (Wildman–Crippen MR) is 82.8 cm³/mol. The molecular weight excluding hydrogens is 308 g/mol. The lowest BCUT2D eigenvalue weighted by Gasteiger charge is -2.26. The molecule has 0 unspecified atom stereocenters. The Morgan fingerprint density at radius 2 is 2.10 bits per heavy atom. The van der Waals surface area contributed by atoms with Crippen LogP contribution in [0.4, 0.5) is 11.9 Å². The molecule has 1 aliphatic heterocycles. The molecule has 1 amide bonds. The van der Waals surface area contributed by atoms with E-state index in [1.165, 1.54) is 22.2 Å². The zero-order valence-corrected chi connectivity index (χ0v) is 12.8. The highest BCUT2D eigenvalue weighted by Gasteiger charge is 2.21. The Kier molecular flexibility index (Phi) is 3.93. The van der Waals surface area contributed by atoms with Gasteiger partial charge in [0.15, 0.2) is 5.16 Å². The Labute approximate surface area is 129 Å². The second-order valence-corrected chi connectivity index (χ2v) is 6.50. The number of rotatable bonds is 3. The highest BCUT2D eigenvalue weighted by Crippen LogP contribution is 2.25. The van der Waals surface area contributed by atoms with Gasteiger partial charge >= 0.3 is 0 Å². The molecule has 1 aliphatic rings. The predicted octanol–water partition coefficient (Wildman–Crippen LogP) is 0.774. The molecule has 0 radical (unpaired) electrons. The maximum Gasteiger partial charge on any atom is 0.233 e. The van der Waals surface area contributed by atoms with Gasteiger partial charge in [0, 0.05) is 18.0 Å². The third kappa shape index (κ3) is 3.24. The van der Waals surface area contributed by atoms with Gasteiger partial charge in [-0.1, -0.05) is 11.8 Å². The van der Waals surface area contributed by atoms with Crippen molar-refractivity contribution in [3.05, 3.63) is 21.9 Å². The van der Waals surface area contributed by atoms with E-state index < -0.39 is 0 Å². The summed E-state index contributed by atoms with van der Waals surface area (Å²) in [7, 11) is 0. The zero-order chi connectivity index (χ0) is 14.8. The highest BCUT2D eigenvalue weighted by molar-refractivity contribution is 7.99. The molecule has 2 aromatic rings. The van der Waals surface area contributed by atoms with Crippen molar-refractivity contribution in [3.8, 4) is 0 Å². The van der Waals surface area contributed by atoms with Crippen LogP contribution in [-0.4, -0.2) is 38.1 Å². The van der Waals surface area contributed by atoms with E-state index in [2.05, 4.69) is 26.4 Å². The molecule has 110 valence electrons. The highest BCUT2D eigenvalue weighted by atomic mass is 32.2. The summed E-state index contributed by atoms with van der Waals surface area (Å²) in [5, 5.41) is 2.45. The van der Waals surface area contributed by atoms with Gasteiger partial charge in [-0.05, 0) is 23.4 Å². The van der Waals surface area contributed by atoms with E-state index in [4.69, 9.17) is 11.5 Å². The molecule has 4 N–H and O–H groups in total. The Hall–Kier alpha value is -1.87. The number of amides is 1. The molecule has 0 spiro atoms. The van der Waals surface area contributed by atoms with Crippen molar-refractivity contribution in [1.29, 1.82) is 0 Å². The van der Waals surface area contributed by atoms with Gasteiger partial charge in [0.05, 0.1) is 5.75 Å². The molecule has 0 aromatic carbocycles. The fourth-order valence-electron chi connectivity index (χ4n) is 2.13. The molecule has 0 saturated heterocycles. The number of aromatic nitrogens is 3. The minimum Gasteiger partial charge on any atom is -0.368 e. The van der Waals surface area contributed by atoms with E-state index in [1.54, 1.807) is 11.3 Å². The fourth-order valence-corrected chi connectivity index (χ4v) is 3.77. The van der Waals surface area contributed by atoms with Crippen LogP contribution < -0.4 is 11.5 Å². The zero-order valence-electron chi connectivity index (χ0n) is 11.2. The fraction of sp³-hybridized carbons (Fsp3) is 0.333. The summed E-state index contributed by atoms with van der Waals surface area (Å²) in [5.74, 6) is 0.466. The lowest BCUT2D eigenvalue weighted by Crippen LogP contribution is -2.36. The summed E-state index contributed by atoms with van der Waals surface area (Å²) in [5.41, 5.74) is 12.2. The summed E-state index contributed by atoms with van der Waals surface area (Å²) in [6.07, 6.45) is 0.926. The number of hydrogen-bond acceptors (Lipinski definition) is 8. The smallest absolute Gasteiger partial charge is 0.233 e. The van der Waals surface area contributed by atoms with Crippen molar-refractivity contribution in [1.82, 2.24) is 19.9 Å². The quantitative estimate of drug-likeness (QED) is 0.803. The summed E-state index contributed by atoms with van der Waals surface area (Å²) in [4.78, 5) is 27.1. The number of carbonyl (C=O) groups excluding carboxylic acids is 1. The van der Waals surface area contributed by atoms with Crippen LogP contribution in [0.25, 0.3) is 0 Å². The van der Waals surface area contributed by atoms with E-state index in [0.29, 0.717) is 11.7 Å². The van der Waals surface area contributed by atoms with Crippen molar-refractivity contribution in [3.63, 3.8) is 0 Å². The van der Waals surface area contributed by atoms with Crippen LogP contribution in [0.1, 0.15) is 10.4 Å². The molecule has 0 aliphatic carbocycles. The number of carbonyl (C=O) groups is 1. The first kappa shape index (κ1) is 14.1. The Bertz CT molecular complexity index is 653. The molecule has 9 heteroatoms. The first-order chi connectivity index (χ1) is 10.1. The number of fused-ring (bicyclic) bond motifs is 1. The minimum absolute atomic E-state index is 0.0643. The van der Waals surface area contributed by atoms with Gasteiger partial charge in [0.25, 0.3) is 0 Å². The van der Waals surface area contributed by atoms with Gasteiger partial charge < -0.3 is 16.4 Å². The largest absolute Gasteiger partial charge is 0.368 e. The molecule has 2 aromatic heterocycles. The van der Waals surface area contributed by atoms with Gasteiger partial charge in [-0.2, -0.15) is 15.0 Å². The lowest BCUT2D eigenvalue weighted by molar-refractivity contribution is -0.129. The summed E-state index contributed by atoms with van der Waals surface area (Å²) in [6, 6.07) is 2.08. The summed E-state index contributed by atoms with van der Waals surface area (Å²) >= 11 is 2.98. The van der Waals surface area contributed by atoms with Crippen LogP contribution in [0.5, 0.6) is 0 Å². The van der Waals surface area contributed by atoms with Crippen LogP contribution >= 0.6 is 23.1 Å². The Balaban J connectivity index is 1.60. The molecule has 7 nitrogen and oxygen atoms in total. The normalized spacial score (nSPS) is 14.0. The average molecular weight is 322 g/mol. The topological polar surface area (TPSA) is 111 Å². The van der Waals surface area contributed by atoms with Gasteiger partial charge in [0.1, 0.15) is 0 Å². The maximum absolute atomic E-state index is 12.2. The summed E-state index contributed by atoms with van der Waals surface area (Å²) < 4.78 is 0. The van der Waals surface area contributed by atoms with Gasteiger partial charge in [-0.3, -0.25) is 4.79 Å². The second-order valence-electron chi connectivity index (χ2n) is 4.56. The maximum atomic E-state index is 12.2. The number of nitrogens with zero attached hydrogens (tertiary/aromatic N) is 4. The number of hydrogen-bond donors (Lipinski definition) is 2. The standard InChI is InChI=1S/C12H14N6OS2/c13-10-15-11(14)17-12(16-10)21-6-9(19)18-3-1-8-7(5-18)2-4-20-8/h2,4H,1,3,5-6H2,(H4,13,14,15,16,17). The van der Waals surface area contributed by atoms with Crippen molar-refractivity contribution in [2.75, 3.05) is 23.8 Å². The van der Waals surface area contributed by atoms with E-state index >= 15 is 0 Å². The van der Waals surface area contributed by atoms with Crippen LogP contribution in [0.2, 0.25) is 0 Å². The van der Waals surface area contributed by atoms with E-state index in [9.17, 15) is 4.79 Å². The monoisotopic (exact) mass is 322 g/mol. The van der Waals surface area contributed by atoms with Crippen LogP contribution in [0.15, 0.2) is 16.6 Å². The van der Waals surface area contributed by atoms with E-state index in [1.807, 2.05) is 4.90 Å². The van der Waals surface area contributed by atoms with E-state index in [-0.39, 0.29) is 23.6 Å². The van der Waals surface area contributed by atoms with Crippen molar-refractivity contribution in [2.24, 2.45) is 0 Å². The molecule has 3 heterocycles. The molecular formula is C12H14N6OS2. The van der Waals surface area contributed by atoms with Crippen LogP contribution in [-0.2, 0) is 17.8 Å². The first-order valence-corrected chi connectivity index (χ1v) is 8.21.